The Bertz CT molecular complexity index is 1920. The number of ether oxygens (including phenoxy) is 4. The highest BCUT2D eigenvalue weighted by molar-refractivity contribution is 7.47. The molecule has 19 heteroatoms. The van der Waals surface area contributed by atoms with Crippen LogP contribution in [0.2, 0.25) is 0 Å². The zero-order valence-corrected chi connectivity index (χ0v) is 66.8. The number of esters is 4. The minimum Gasteiger partial charge on any atom is -0.462 e. The molecule has 0 radical (unpaired) electrons. The van der Waals surface area contributed by atoms with E-state index in [1.54, 1.807) is 0 Å². The van der Waals surface area contributed by atoms with Gasteiger partial charge in [-0.25, -0.2) is 9.13 Å². The van der Waals surface area contributed by atoms with Gasteiger partial charge in [0.15, 0.2) is 12.2 Å². The maximum atomic E-state index is 13.1. The lowest BCUT2D eigenvalue weighted by atomic mass is 10.0. The van der Waals surface area contributed by atoms with Gasteiger partial charge in [-0.3, -0.25) is 37.3 Å². The number of aliphatic hydroxyl groups excluding tert-OH is 1. The standard InChI is InChI=1S/C80H156O17P2/c1-8-9-10-11-12-13-14-15-16-17-18-21-24-29-34-39-47-54-61-77(82)90-67-75(96-79(84)63-56-49-40-35-30-25-22-19-20-23-27-32-37-44-51-58-71(2)3)69-94-98(86,87)92-65-74(81)66-93-99(88,89)95-70-76(68-91-78(83)62-55-48-43-42-46-53-60-73(6)7)97-80(85)64-57-50-41-36-31-26-28-33-38-45-52-59-72(4)5/h71-76,81H,8-70H2,1-7H3,(H,86,87)(H,88,89)/t74-,75-,76-/m1/s1. The molecule has 0 aromatic heterocycles. The normalized spacial score (nSPS) is 14.0. The summed E-state index contributed by atoms with van der Waals surface area (Å²) in [6, 6.07) is 0. The van der Waals surface area contributed by atoms with Crippen molar-refractivity contribution in [2.45, 2.75) is 433 Å². The maximum Gasteiger partial charge on any atom is 0.472 e. The van der Waals surface area contributed by atoms with E-state index < -0.39 is 97.5 Å². The molecule has 3 N–H and O–H groups in total. The predicted octanol–water partition coefficient (Wildman–Crippen LogP) is 23.7. The monoisotopic (exact) mass is 1450 g/mol. The summed E-state index contributed by atoms with van der Waals surface area (Å²) in [7, 11) is -9.92. The average Bonchev–Trinajstić information content (AvgIpc) is 1.06. The molecule has 99 heavy (non-hydrogen) atoms. The van der Waals surface area contributed by atoms with Gasteiger partial charge in [-0.05, 0) is 43.4 Å². The second-order valence-electron chi connectivity index (χ2n) is 30.2. The molecule has 17 nitrogen and oxygen atoms in total. The molecule has 0 rings (SSSR count). The molecular formula is C80H156O17P2. The minimum atomic E-state index is -4.96. The number of carbonyl (C=O) groups is 4. The fourth-order valence-electron chi connectivity index (χ4n) is 12.3. The fourth-order valence-corrected chi connectivity index (χ4v) is 13.9. The lowest BCUT2D eigenvalue weighted by Crippen LogP contribution is -2.30. The number of unbranched alkanes of at least 4 members (excludes halogenated alkanes) is 46. The van der Waals surface area contributed by atoms with E-state index in [0.29, 0.717) is 31.6 Å². The van der Waals surface area contributed by atoms with Gasteiger partial charge in [-0.15, -0.1) is 0 Å². The Hall–Kier alpha value is -1.94. The highest BCUT2D eigenvalue weighted by Gasteiger charge is 2.30. The Kier molecular flexibility index (Phi) is 69.0. The first-order chi connectivity index (χ1) is 47.7. The number of rotatable bonds is 78. The van der Waals surface area contributed by atoms with Crippen LogP contribution in [0.25, 0.3) is 0 Å². The predicted molar refractivity (Wildman–Crippen MR) is 405 cm³/mol. The molecule has 0 aromatic carbocycles. The lowest BCUT2D eigenvalue weighted by molar-refractivity contribution is -0.161. The third-order valence-corrected chi connectivity index (χ3v) is 20.5. The van der Waals surface area contributed by atoms with Crippen molar-refractivity contribution in [1.29, 1.82) is 0 Å². The zero-order valence-electron chi connectivity index (χ0n) is 65.0. The van der Waals surface area contributed by atoms with Gasteiger partial charge in [0, 0.05) is 25.7 Å². The number of phosphoric acid groups is 2. The summed E-state index contributed by atoms with van der Waals surface area (Å²) in [6.07, 6.45) is 58.5. The largest absolute Gasteiger partial charge is 0.472 e. The van der Waals surface area contributed by atoms with Crippen molar-refractivity contribution in [2.75, 3.05) is 39.6 Å². The van der Waals surface area contributed by atoms with Crippen molar-refractivity contribution >= 4 is 39.5 Å². The van der Waals surface area contributed by atoms with Crippen molar-refractivity contribution in [1.82, 2.24) is 0 Å². The first kappa shape index (κ1) is 97.1. The summed E-state index contributed by atoms with van der Waals surface area (Å²) in [5.41, 5.74) is 0. The smallest absolute Gasteiger partial charge is 0.462 e. The van der Waals surface area contributed by atoms with E-state index in [1.165, 1.54) is 218 Å². The summed E-state index contributed by atoms with van der Waals surface area (Å²) >= 11 is 0. The Labute approximate surface area is 607 Å². The van der Waals surface area contributed by atoms with Gasteiger partial charge in [0.2, 0.25) is 0 Å². The van der Waals surface area contributed by atoms with Crippen molar-refractivity contribution in [3.63, 3.8) is 0 Å². The highest BCUT2D eigenvalue weighted by Crippen LogP contribution is 2.45. The third kappa shape index (κ3) is 74.1. The maximum absolute atomic E-state index is 13.1. The van der Waals surface area contributed by atoms with Crippen LogP contribution in [0, 0.1) is 17.8 Å². The van der Waals surface area contributed by atoms with Crippen LogP contribution in [0.5, 0.6) is 0 Å². The Morgan fingerprint density at radius 3 is 0.687 bits per heavy atom. The summed E-state index contributed by atoms with van der Waals surface area (Å²) in [6.45, 7) is 11.9. The van der Waals surface area contributed by atoms with Crippen molar-refractivity contribution < 1.29 is 80.2 Å². The molecule has 0 bridgehead atoms. The van der Waals surface area contributed by atoms with Crippen LogP contribution in [0.1, 0.15) is 414 Å². The number of phosphoric ester groups is 2. The number of hydrogen-bond acceptors (Lipinski definition) is 15. The second-order valence-corrected chi connectivity index (χ2v) is 33.1. The van der Waals surface area contributed by atoms with Crippen LogP contribution >= 0.6 is 15.6 Å². The molecule has 0 aliphatic carbocycles. The van der Waals surface area contributed by atoms with Crippen molar-refractivity contribution in [3.05, 3.63) is 0 Å². The number of aliphatic hydroxyl groups is 1. The molecule has 0 heterocycles. The highest BCUT2D eigenvalue weighted by atomic mass is 31.2. The fraction of sp³-hybridized carbons (Fsp3) is 0.950. The molecule has 0 saturated carbocycles. The SMILES string of the molecule is CCCCCCCCCCCCCCCCCCCCC(=O)OC[C@H](COP(=O)(O)OC[C@@H](O)COP(=O)(O)OC[C@@H](COC(=O)CCCCCCCCC(C)C)OC(=O)CCCCCCCCCCCCCC(C)C)OC(=O)CCCCCCCCCCCCCCCCCC(C)C. The number of carbonyl (C=O) groups excluding carboxylic acids is 4. The molecule has 0 spiro atoms. The van der Waals surface area contributed by atoms with Crippen LogP contribution in [0.3, 0.4) is 0 Å². The van der Waals surface area contributed by atoms with Crippen molar-refractivity contribution in [2.24, 2.45) is 17.8 Å². The van der Waals surface area contributed by atoms with Crippen LogP contribution in [-0.2, 0) is 65.4 Å². The molecule has 0 amide bonds. The van der Waals surface area contributed by atoms with E-state index in [1.807, 2.05) is 0 Å². The van der Waals surface area contributed by atoms with E-state index >= 15 is 0 Å². The van der Waals surface area contributed by atoms with E-state index in [-0.39, 0.29) is 25.7 Å². The van der Waals surface area contributed by atoms with Crippen LogP contribution in [0.4, 0.5) is 0 Å². The minimum absolute atomic E-state index is 0.105. The molecule has 588 valence electrons. The number of hydrogen-bond donors (Lipinski definition) is 3. The van der Waals surface area contributed by atoms with Gasteiger partial charge in [0.05, 0.1) is 26.4 Å². The van der Waals surface area contributed by atoms with E-state index in [4.69, 9.17) is 37.0 Å². The van der Waals surface area contributed by atoms with Gasteiger partial charge in [0.25, 0.3) is 0 Å². The quantitative estimate of drug-likeness (QED) is 0.0222. The van der Waals surface area contributed by atoms with E-state index in [2.05, 4.69) is 48.5 Å². The lowest BCUT2D eigenvalue weighted by Gasteiger charge is -2.21. The first-order valence-corrected chi connectivity index (χ1v) is 44.3. The summed E-state index contributed by atoms with van der Waals surface area (Å²) in [5.74, 6) is 0.133. The molecule has 0 saturated heterocycles. The van der Waals surface area contributed by atoms with Crippen LogP contribution in [-0.4, -0.2) is 96.7 Å². The molecular weight excluding hydrogens is 1290 g/mol. The Balaban J connectivity index is 5.23. The molecule has 0 aromatic rings. The van der Waals surface area contributed by atoms with Gasteiger partial charge in [-0.2, -0.15) is 0 Å². The Morgan fingerprint density at radius 1 is 0.273 bits per heavy atom. The first-order valence-electron chi connectivity index (χ1n) is 41.3. The average molecular weight is 1450 g/mol. The summed E-state index contributed by atoms with van der Waals surface area (Å²) in [4.78, 5) is 72.9. The van der Waals surface area contributed by atoms with E-state index in [0.717, 1.165) is 108 Å². The van der Waals surface area contributed by atoms with E-state index in [9.17, 15) is 43.2 Å². The molecule has 2 unspecified atom stereocenters. The van der Waals surface area contributed by atoms with Crippen molar-refractivity contribution in [3.8, 4) is 0 Å². The molecule has 0 fully saturated rings. The summed E-state index contributed by atoms with van der Waals surface area (Å²) < 4.78 is 68.6. The second kappa shape index (κ2) is 70.4. The van der Waals surface area contributed by atoms with Crippen LogP contribution < -0.4 is 0 Å². The zero-order chi connectivity index (χ0) is 73.0. The van der Waals surface area contributed by atoms with Crippen LogP contribution in [0.15, 0.2) is 0 Å². The topological polar surface area (TPSA) is 237 Å². The van der Waals surface area contributed by atoms with Gasteiger partial charge < -0.3 is 33.8 Å². The van der Waals surface area contributed by atoms with Gasteiger partial charge in [-0.1, -0.05) is 363 Å². The molecule has 0 aliphatic rings. The molecule has 0 aliphatic heterocycles. The molecule has 5 atom stereocenters. The third-order valence-electron chi connectivity index (χ3n) is 18.6. The Morgan fingerprint density at radius 2 is 0.465 bits per heavy atom. The summed E-state index contributed by atoms with van der Waals surface area (Å²) in [5, 5.41) is 10.6. The van der Waals surface area contributed by atoms with Gasteiger partial charge >= 0.3 is 39.5 Å². The van der Waals surface area contributed by atoms with Gasteiger partial charge in [0.1, 0.15) is 19.3 Å².